The third kappa shape index (κ3) is 0.654. The Labute approximate surface area is 57.0 Å². The molecule has 0 nitrogen and oxygen atoms in total. The van der Waals surface area contributed by atoms with Crippen LogP contribution in [0.15, 0.2) is 11.6 Å². The highest BCUT2D eigenvalue weighted by atomic mass is 14.5. The lowest BCUT2D eigenvalue weighted by molar-refractivity contribution is 0.465. The van der Waals surface area contributed by atoms with Crippen molar-refractivity contribution in [2.24, 2.45) is 5.41 Å². The molecule has 2 aliphatic rings. The Kier molecular flexibility index (Phi) is 0.992. The average Bonchev–Trinajstić information content (AvgIpc) is 2.37. The first-order valence-corrected chi connectivity index (χ1v) is 4.07. The smallest absolute Gasteiger partial charge is 0.00476 e. The van der Waals surface area contributed by atoms with Crippen LogP contribution in [0, 0.1) is 5.41 Å². The van der Waals surface area contributed by atoms with Crippen LogP contribution in [0.5, 0.6) is 0 Å². The van der Waals surface area contributed by atoms with Gasteiger partial charge < -0.3 is 0 Å². The summed E-state index contributed by atoms with van der Waals surface area (Å²) in [4.78, 5) is 0. The van der Waals surface area contributed by atoms with E-state index in [0.29, 0.717) is 0 Å². The van der Waals surface area contributed by atoms with Gasteiger partial charge in [-0.25, -0.2) is 0 Å². The molecule has 0 N–H and O–H groups in total. The molecule has 0 radical (unpaired) electrons. The van der Waals surface area contributed by atoms with E-state index in [1.165, 1.54) is 32.1 Å². The quantitative estimate of drug-likeness (QED) is 0.494. The molecule has 9 heavy (non-hydrogen) atoms. The zero-order chi connectivity index (χ0) is 6.32. The first-order valence-electron chi connectivity index (χ1n) is 4.07. The highest BCUT2D eigenvalue weighted by Crippen LogP contribution is 2.62. The topological polar surface area (TPSA) is 0 Å². The maximum absolute atomic E-state index is 2.45. The Morgan fingerprint density at radius 2 is 2.56 bits per heavy atom. The predicted molar refractivity (Wildman–Crippen MR) is 39.3 cm³/mol. The van der Waals surface area contributed by atoms with Gasteiger partial charge in [0.2, 0.25) is 0 Å². The van der Waals surface area contributed by atoms with E-state index < -0.39 is 0 Å². The normalized spacial score (nSPS) is 38.1. The highest BCUT2D eigenvalue weighted by Gasteiger charge is 2.49. The third-order valence-corrected chi connectivity index (χ3v) is 2.83. The molecular formula is C9H14. The Bertz CT molecular complexity index is 155. The largest absolute Gasteiger partial charge is 0.0847 e. The number of rotatable bonds is 2. The summed E-state index contributed by atoms with van der Waals surface area (Å²) in [5.74, 6) is 0. The molecule has 0 aromatic rings. The number of allylic oxidation sites excluding steroid dienone is 2. The Hall–Kier alpha value is -0.260. The minimum atomic E-state index is 0.773. The van der Waals surface area contributed by atoms with Gasteiger partial charge in [-0.1, -0.05) is 25.0 Å². The second-order valence-electron chi connectivity index (χ2n) is 3.48. The van der Waals surface area contributed by atoms with Crippen LogP contribution < -0.4 is 0 Å². The molecule has 1 saturated carbocycles. The molecular weight excluding hydrogens is 108 g/mol. The van der Waals surface area contributed by atoms with Crippen LogP contribution in [0.25, 0.3) is 0 Å². The van der Waals surface area contributed by atoms with Gasteiger partial charge in [0.1, 0.15) is 0 Å². The number of hydrogen-bond acceptors (Lipinski definition) is 0. The SMILES string of the molecule is CCCC12CCC=C1C2. The van der Waals surface area contributed by atoms with Crippen LogP contribution in [-0.4, -0.2) is 0 Å². The molecule has 2 rings (SSSR count). The fraction of sp³-hybridized carbons (Fsp3) is 0.778. The van der Waals surface area contributed by atoms with Gasteiger partial charge in [0.25, 0.3) is 0 Å². The summed E-state index contributed by atoms with van der Waals surface area (Å²) in [6.45, 7) is 2.29. The second kappa shape index (κ2) is 1.62. The highest BCUT2D eigenvalue weighted by molar-refractivity contribution is 5.36. The summed E-state index contributed by atoms with van der Waals surface area (Å²) in [7, 11) is 0. The van der Waals surface area contributed by atoms with Gasteiger partial charge in [0.05, 0.1) is 0 Å². The average molecular weight is 122 g/mol. The third-order valence-electron chi connectivity index (χ3n) is 2.83. The lowest BCUT2D eigenvalue weighted by Gasteiger charge is -2.06. The van der Waals surface area contributed by atoms with Crippen LogP contribution in [0.4, 0.5) is 0 Å². The van der Waals surface area contributed by atoms with Crippen molar-refractivity contribution in [3.05, 3.63) is 11.6 Å². The van der Waals surface area contributed by atoms with Crippen molar-refractivity contribution < 1.29 is 0 Å². The summed E-state index contributed by atoms with van der Waals surface area (Å²) in [6.07, 6.45) is 9.57. The maximum Gasteiger partial charge on any atom is -0.00476 e. The van der Waals surface area contributed by atoms with Gasteiger partial charge in [-0.3, -0.25) is 0 Å². The molecule has 0 aromatic carbocycles. The maximum atomic E-state index is 2.45. The zero-order valence-electron chi connectivity index (χ0n) is 6.11. The monoisotopic (exact) mass is 122 g/mol. The summed E-state index contributed by atoms with van der Waals surface area (Å²) >= 11 is 0. The van der Waals surface area contributed by atoms with Gasteiger partial charge in [-0.05, 0) is 31.1 Å². The molecule has 50 valence electrons. The van der Waals surface area contributed by atoms with Crippen molar-refractivity contribution in [3.8, 4) is 0 Å². The van der Waals surface area contributed by atoms with Crippen molar-refractivity contribution in [1.82, 2.24) is 0 Å². The van der Waals surface area contributed by atoms with E-state index in [9.17, 15) is 0 Å². The van der Waals surface area contributed by atoms with E-state index in [1.807, 2.05) is 0 Å². The van der Waals surface area contributed by atoms with Gasteiger partial charge in [-0.2, -0.15) is 0 Å². The van der Waals surface area contributed by atoms with Crippen molar-refractivity contribution in [3.63, 3.8) is 0 Å². The molecule has 1 unspecified atom stereocenters. The first kappa shape index (κ1) is 5.52. The Morgan fingerprint density at radius 1 is 1.67 bits per heavy atom. The van der Waals surface area contributed by atoms with E-state index in [0.717, 1.165) is 5.41 Å². The van der Waals surface area contributed by atoms with Crippen LogP contribution in [0.2, 0.25) is 0 Å². The summed E-state index contributed by atoms with van der Waals surface area (Å²) in [6, 6.07) is 0. The molecule has 0 saturated heterocycles. The summed E-state index contributed by atoms with van der Waals surface area (Å²) in [5.41, 5.74) is 2.55. The van der Waals surface area contributed by atoms with Crippen molar-refractivity contribution in [2.45, 2.75) is 39.0 Å². The standard InChI is InChI=1S/C9H14/c1-2-5-9-6-3-4-8(9)7-9/h4H,2-3,5-7H2,1H3. The van der Waals surface area contributed by atoms with E-state index >= 15 is 0 Å². The molecule has 1 fully saturated rings. The van der Waals surface area contributed by atoms with Crippen LogP contribution in [0.3, 0.4) is 0 Å². The second-order valence-corrected chi connectivity index (χ2v) is 3.48. The molecule has 2 aliphatic carbocycles. The van der Waals surface area contributed by atoms with E-state index in [4.69, 9.17) is 0 Å². The Balaban J connectivity index is 2.05. The minimum absolute atomic E-state index is 0.773. The summed E-state index contributed by atoms with van der Waals surface area (Å²) in [5, 5.41) is 0. The molecule has 0 heteroatoms. The van der Waals surface area contributed by atoms with Gasteiger partial charge >= 0.3 is 0 Å². The predicted octanol–water partition coefficient (Wildman–Crippen LogP) is 2.90. The van der Waals surface area contributed by atoms with E-state index in [-0.39, 0.29) is 0 Å². The van der Waals surface area contributed by atoms with Crippen molar-refractivity contribution in [2.75, 3.05) is 0 Å². The number of hydrogen-bond donors (Lipinski definition) is 0. The first-order chi connectivity index (χ1) is 4.37. The van der Waals surface area contributed by atoms with Crippen LogP contribution in [0.1, 0.15) is 39.0 Å². The molecule has 0 aliphatic heterocycles. The molecule has 1 atom stereocenters. The molecule has 0 amide bonds. The van der Waals surface area contributed by atoms with E-state index in [2.05, 4.69) is 13.0 Å². The molecule has 0 aromatic heterocycles. The number of fused-ring (bicyclic) bond motifs is 1. The van der Waals surface area contributed by atoms with Crippen molar-refractivity contribution >= 4 is 0 Å². The van der Waals surface area contributed by atoms with Gasteiger partial charge in [0.15, 0.2) is 0 Å². The van der Waals surface area contributed by atoms with Gasteiger partial charge in [0, 0.05) is 0 Å². The lowest BCUT2D eigenvalue weighted by Crippen LogP contribution is -1.95. The molecule has 0 heterocycles. The lowest BCUT2D eigenvalue weighted by atomic mass is 9.98. The van der Waals surface area contributed by atoms with Crippen molar-refractivity contribution in [1.29, 1.82) is 0 Å². The van der Waals surface area contributed by atoms with Crippen LogP contribution >= 0.6 is 0 Å². The Morgan fingerprint density at radius 3 is 3.00 bits per heavy atom. The molecule has 0 spiro atoms. The fourth-order valence-electron chi connectivity index (χ4n) is 2.23. The molecule has 0 bridgehead atoms. The zero-order valence-corrected chi connectivity index (χ0v) is 6.11. The minimum Gasteiger partial charge on any atom is -0.0847 e. The van der Waals surface area contributed by atoms with Gasteiger partial charge in [-0.15, -0.1) is 0 Å². The summed E-state index contributed by atoms with van der Waals surface area (Å²) < 4.78 is 0. The fourth-order valence-corrected chi connectivity index (χ4v) is 2.23. The van der Waals surface area contributed by atoms with Crippen LogP contribution in [-0.2, 0) is 0 Å². The van der Waals surface area contributed by atoms with E-state index in [1.54, 1.807) is 5.57 Å².